The molecule has 3 atom stereocenters. The van der Waals surface area contributed by atoms with Crippen molar-refractivity contribution in [3.05, 3.63) is 45.5 Å². The topological polar surface area (TPSA) is 79.2 Å². The number of nitrogens with zero attached hydrogens (tertiary/aromatic N) is 1. The third-order valence-corrected chi connectivity index (χ3v) is 5.58. The average Bonchev–Trinajstić information content (AvgIpc) is 3.10. The summed E-state index contributed by atoms with van der Waals surface area (Å²) in [5.74, 6) is -0.00482. The number of carbonyl (C=O) groups excluding carboxylic acids is 1. The molecule has 1 aromatic carbocycles. The van der Waals surface area contributed by atoms with Gasteiger partial charge >= 0.3 is 0 Å². The lowest BCUT2D eigenvalue weighted by molar-refractivity contribution is 0.0778. The molecule has 7 heteroatoms. The van der Waals surface area contributed by atoms with Crippen LogP contribution in [0.4, 0.5) is 4.39 Å². The fourth-order valence-electron chi connectivity index (χ4n) is 4.27. The highest BCUT2D eigenvalue weighted by molar-refractivity contribution is 5.97. The molecule has 3 unspecified atom stereocenters. The standard InChI is InChI=1S/C18H20FN3O2.ClH/c1-9-4-11(19)5-12-16(9)21-6-13(17(12)23)18(24)22-7-10-2-3-15(20)14(10)8-22;/h4-6,10,14-15H,2-3,7-8,20H2,1H3,(H,21,23);1H. The first kappa shape index (κ1) is 17.9. The minimum atomic E-state index is -0.475. The van der Waals surface area contributed by atoms with E-state index in [2.05, 4.69) is 4.98 Å². The molecule has 2 aliphatic rings. The Labute approximate surface area is 150 Å². The van der Waals surface area contributed by atoms with E-state index in [1.54, 1.807) is 11.8 Å². The fraction of sp³-hybridized carbons (Fsp3) is 0.444. The summed E-state index contributed by atoms with van der Waals surface area (Å²) in [6.07, 6.45) is 3.49. The molecule has 0 radical (unpaired) electrons. The molecule has 4 rings (SSSR count). The number of fused-ring (bicyclic) bond motifs is 2. The van der Waals surface area contributed by atoms with Crippen LogP contribution < -0.4 is 11.2 Å². The number of aryl methyl sites for hydroxylation is 1. The Morgan fingerprint density at radius 1 is 1.32 bits per heavy atom. The maximum absolute atomic E-state index is 13.6. The van der Waals surface area contributed by atoms with Crippen molar-refractivity contribution in [1.82, 2.24) is 9.88 Å². The Morgan fingerprint density at radius 2 is 2.08 bits per heavy atom. The lowest BCUT2D eigenvalue weighted by Crippen LogP contribution is -2.35. The number of likely N-dealkylation sites (tertiary alicyclic amines) is 1. The van der Waals surface area contributed by atoms with Gasteiger partial charge in [0.25, 0.3) is 5.91 Å². The molecule has 2 aromatic rings. The summed E-state index contributed by atoms with van der Waals surface area (Å²) in [5, 5.41) is 0.217. The number of H-pyrrole nitrogens is 1. The molecule has 1 aliphatic carbocycles. The zero-order chi connectivity index (χ0) is 17.0. The number of aromatic nitrogens is 1. The summed E-state index contributed by atoms with van der Waals surface area (Å²) in [6.45, 7) is 2.98. The number of hydrogen-bond acceptors (Lipinski definition) is 3. The summed E-state index contributed by atoms with van der Waals surface area (Å²) >= 11 is 0. The predicted octanol–water partition coefficient (Wildman–Crippen LogP) is 2.21. The van der Waals surface area contributed by atoms with Gasteiger partial charge in [0, 0.05) is 30.7 Å². The van der Waals surface area contributed by atoms with E-state index in [4.69, 9.17) is 5.73 Å². The molecular formula is C18H21ClFN3O2. The number of halogens is 2. The first-order valence-corrected chi connectivity index (χ1v) is 8.32. The van der Waals surface area contributed by atoms with E-state index in [0.29, 0.717) is 36.0 Å². The lowest BCUT2D eigenvalue weighted by atomic mass is 9.98. The van der Waals surface area contributed by atoms with Crippen molar-refractivity contribution in [1.29, 1.82) is 0 Å². The van der Waals surface area contributed by atoms with Gasteiger partial charge in [-0.15, -0.1) is 12.4 Å². The summed E-state index contributed by atoms with van der Waals surface area (Å²) < 4.78 is 13.6. The molecule has 5 nitrogen and oxygen atoms in total. The van der Waals surface area contributed by atoms with Crippen LogP contribution in [0.25, 0.3) is 10.9 Å². The third kappa shape index (κ3) is 2.83. The molecule has 1 saturated carbocycles. The fourth-order valence-corrected chi connectivity index (χ4v) is 4.27. The van der Waals surface area contributed by atoms with E-state index in [9.17, 15) is 14.0 Å². The Morgan fingerprint density at radius 3 is 2.80 bits per heavy atom. The third-order valence-electron chi connectivity index (χ3n) is 5.58. The van der Waals surface area contributed by atoms with E-state index in [0.717, 1.165) is 12.8 Å². The molecule has 1 amide bonds. The van der Waals surface area contributed by atoms with E-state index in [1.165, 1.54) is 18.3 Å². The molecule has 0 spiro atoms. The average molecular weight is 366 g/mol. The highest BCUT2D eigenvalue weighted by atomic mass is 35.5. The van der Waals surface area contributed by atoms with Crippen molar-refractivity contribution in [3.8, 4) is 0 Å². The van der Waals surface area contributed by atoms with Crippen LogP contribution in [-0.4, -0.2) is 34.9 Å². The number of rotatable bonds is 1. The van der Waals surface area contributed by atoms with Crippen molar-refractivity contribution in [2.45, 2.75) is 25.8 Å². The first-order valence-electron chi connectivity index (χ1n) is 8.32. The maximum atomic E-state index is 13.6. The van der Waals surface area contributed by atoms with E-state index in [1.807, 2.05) is 0 Å². The molecule has 1 aliphatic heterocycles. The molecule has 1 saturated heterocycles. The smallest absolute Gasteiger partial charge is 0.259 e. The Bertz CT molecular complexity index is 898. The van der Waals surface area contributed by atoms with Gasteiger partial charge in [-0.1, -0.05) is 0 Å². The monoisotopic (exact) mass is 365 g/mol. The minimum Gasteiger partial charge on any atom is -0.360 e. The van der Waals surface area contributed by atoms with Gasteiger partial charge in [0.05, 0.1) is 5.52 Å². The van der Waals surface area contributed by atoms with Gasteiger partial charge in [-0.05, 0) is 49.3 Å². The highest BCUT2D eigenvalue weighted by Crippen LogP contribution is 2.37. The van der Waals surface area contributed by atoms with Crippen molar-refractivity contribution in [2.75, 3.05) is 13.1 Å². The van der Waals surface area contributed by atoms with Crippen molar-refractivity contribution in [2.24, 2.45) is 17.6 Å². The number of carbonyl (C=O) groups is 1. The highest BCUT2D eigenvalue weighted by Gasteiger charge is 2.42. The summed E-state index contributed by atoms with van der Waals surface area (Å²) in [4.78, 5) is 30.2. The molecule has 25 heavy (non-hydrogen) atoms. The van der Waals surface area contributed by atoms with Gasteiger partial charge in [0.2, 0.25) is 5.43 Å². The largest absolute Gasteiger partial charge is 0.360 e. The number of nitrogens with two attached hydrogens (primary N) is 1. The lowest BCUT2D eigenvalue weighted by Gasteiger charge is -2.18. The van der Waals surface area contributed by atoms with Gasteiger partial charge < -0.3 is 15.6 Å². The van der Waals surface area contributed by atoms with E-state index >= 15 is 0 Å². The molecule has 2 fully saturated rings. The van der Waals surface area contributed by atoms with Crippen molar-refractivity contribution < 1.29 is 9.18 Å². The zero-order valence-corrected chi connectivity index (χ0v) is 14.7. The predicted molar refractivity (Wildman–Crippen MR) is 96.6 cm³/mol. The molecule has 1 aromatic heterocycles. The molecule has 2 heterocycles. The number of aromatic amines is 1. The second-order valence-electron chi connectivity index (χ2n) is 7.05. The van der Waals surface area contributed by atoms with Crippen LogP contribution in [0.3, 0.4) is 0 Å². The molecule has 3 N–H and O–H groups in total. The number of nitrogens with one attached hydrogen (secondary N) is 1. The normalized spacial score (nSPS) is 25.1. The first-order chi connectivity index (χ1) is 11.5. The van der Waals surface area contributed by atoms with Crippen molar-refractivity contribution >= 4 is 29.2 Å². The van der Waals surface area contributed by atoms with Crippen LogP contribution in [0, 0.1) is 24.6 Å². The quantitative estimate of drug-likeness (QED) is 0.813. The number of benzene rings is 1. The Hall–Kier alpha value is -1.92. The Kier molecular flexibility index (Phi) is 4.60. The van der Waals surface area contributed by atoms with E-state index < -0.39 is 11.2 Å². The van der Waals surface area contributed by atoms with Gasteiger partial charge in [-0.3, -0.25) is 9.59 Å². The van der Waals surface area contributed by atoms with Gasteiger partial charge in [0.15, 0.2) is 0 Å². The summed E-state index contributed by atoms with van der Waals surface area (Å²) in [7, 11) is 0. The van der Waals surface area contributed by atoms with Crippen LogP contribution in [-0.2, 0) is 0 Å². The minimum absolute atomic E-state index is 0. The Balaban J connectivity index is 0.00000182. The molecule has 0 bridgehead atoms. The van der Waals surface area contributed by atoms with Crippen molar-refractivity contribution in [3.63, 3.8) is 0 Å². The summed E-state index contributed by atoms with van der Waals surface area (Å²) in [5.41, 5.74) is 6.97. The van der Waals surface area contributed by atoms with Crippen LogP contribution in [0.2, 0.25) is 0 Å². The number of hydrogen-bond donors (Lipinski definition) is 2. The van der Waals surface area contributed by atoms with Crippen LogP contribution in [0.5, 0.6) is 0 Å². The van der Waals surface area contributed by atoms with Gasteiger partial charge in [-0.25, -0.2) is 4.39 Å². The molecular weight excluding hydrogens is 345 g/mol. The van der Waals surface area contributed by atoms with Gasteiger partial charge in [-0.2, -0.15) is 0 Å². The summed E-state index contributed by atoms with van der Waals surface area (Å²) in [6, 6.07) is 2.69. The second kappa shape index (κ2) is 6.42. The molecule has 134 valence electrons. The number of pyridine rings is 1. The van der Waals surface area contributed by atoms with E-state index in [-0.39, 0.29) is 35.3 Å². The number of amides is 1. The maximum Gasteiger partial charge on any atom is 0.259 e. The van der Waals surface area contributed by atoms with Gasteiger partial charge in [0.1, 0.15) is 11.4 Å². The van der Waals surface area contributed by atoms with Crippen LogP contribution in [0.1, 0.15) is 28.8 Å². The van der Waals surface area contributed by atoms with Crippen LogP contribution >= 0.6 is 12.4 Å². The second-order valence-corrected chi connectivity index (χ2v) is 7.05. The van der Waals surface area contributed by atoms with Crippen LogP contribution in [0.15, 0.2) is 23.1 Å². The SMILES string of the molecule is Cc1cc(F)cc2c(=O)c(C(=O)N3CC4CCC(N)C4C3)c[nH]c12.Cl. The zero-order valence-electron chi connectivity index (χ0n) is 13.9.